The lowest BCUT2D eigenvalue weighted by atomic mass is 10.2. The molecule has 0 spiro atoms. The van der Waals surface area contributed by atoms with Crippen molar-refractivity contribution in [2.24, 2.45) is 5.29 Å². The first-order chi connectivity index (χ1) is 12.0. The van der Waals surface area contributed by atoms with E-state index in [1.807, 2.05) is 0 Å². The first-order valence-electron chi connectivity index (χ1n) is 7.51. The molecule has 1 saturated heterocycles. The molecule has 26 heavy (non-hydrogen) atoms. The van der Waals surface area contributed by atoms with E-state index >= 15 is 0 Å². The molecular formula is C13H20N6O7. The molecule has 1 fully saturated rings. The smallest absolute Gasteiger partial charge is 0.408 e. The van der Waals surface area contributed by atoms with Crippen LogP contribution in [0.25, 0.3) is 0 Å². The van der Waals surface area contributed by atoms with E-state index in [9.17, 15) is 24.1 Å². The Labute approximate surface area is 148 Å². The van der Waals surface area contributed by atoms with Crippen molar-refractivity contribution in [1.82, 2.24) is 21.1 Å². The molecule has 0 aromatic heterocycles. The highest BCUT2D eigenvalue weighted by Crippen LogP contribution is 2.13. The molecule has 0 aromatic rings. The molecule has 0 aromatic carbocycles. The average molecular weight is 372 g/mol. The third-order valence-corrected chi connectivity index (χ3v) is 2.80. The Hall–Kier alpha value is -3.25. The summed E-state index contributed by atoms with van der Waals surface area (Å²) in [7, 11) is 0. The van der Waals surface area contributed by atoms with Crippen LogP contribution in [0.1, 0.15) is 33.6 Å². The molecule has 0 radical (unpaired) electrons. The minimum absolute atomic E-state index is 0.0892. The van der Waals surface area contributed by atoms with Crippen molar-refractivity contribution in [2.45, 2.75) is 45.3 Å². The lowest BCUT2D eigenvalue weighted by molar-refractivity contribution is -0.198. The number of hydroxylamine groups is 2. The zero-order valence-electron chi connectivity index (χ0n) is 14.5. The predicted molar refractivity (Wildman–Crippen MR) is 85.0 cm³/mol. The SMILES string of the molecule is CC(C)(C)OC(=O)NC(CNC(=N)NN=O)C(=O)ON1C(=O)CCC1=O. The van der Waals surface area contributed by atoms with Gasteiger partial charge in [0.2, 0.25) is 5.96 Å². The number of rotatable bonds is 6. The van der Waals surface area contributed by atoms with Crippen molar-refractivity contribution in [2.75, 3.05) is 6.54 Å². The Balaban J connectivity index is 2.77. The molecule has 144 valence electrons. The fourth-order valence-corrected chi connectivity index (χ4v) is 1.74. The number of nitrogens with one attached hydrogen (secondary N) is 4. The van der Waals surface area contributed by atoms with E-state index in [2.05, 4.69) is 15.9 Å². The van der Waals surface area contributed by atoms with E-state index in [4.69, 9.17) is 15.0 Å². The molecule has 0 aliphatic carbocycles. The minimum atomic E-state index is -1.43. The summed E-state index contributed by atoms with van der Waals surface area (Å²) in [4.78, 5) is 61.8. The number of hydrogen-bond acceptors (Lipinski definition) is 9. The maximum absolute atomic E-state index is 12.2. The van der Waals surface area contributed by atoms with Gasteiger partial charge in [-0.2, -0.15) is 0 Å². The Bertz CT molecular complexity index is 599. The topological polar surface area (TPSA) is 179 Å². The highest BCUT2D eigenvalue weighted by molar-refractivity contribution is 6.02. The molecule has 3 amide bonds. The van der Waals surface area contributed by atoms with Crippen molar-refractivity contribution < 1.29 is 28.8 Å². The van der Waals surface area contributed by atoms with E-state index in [0.29, 0.717) is 5.06 Å². The van der Waals surface area contributed by atoms with Gasteiger partial charge in [0.15, 0.2) is 0 Å². The van der Waals surface area contributed by atoms with E-state index in [-0.39, 0.29) is 12.8 Å². The van der Waals surface area contributed by atoms with Crippen LogP contribution in [0.2, 0.25) is 0 Å². The number of carbonyl (C=O) groups is 4. The van der Waals surface area contributed by atoms with Gasteiger partial charge in [0.1, 0.15) is 11.6 Å². The first kappa shape index (κ1) is 20.8. The van der Waals surface area contributed by atoms with Gasteiger partial charge in [0.25, 0.3) is 11.8 Å². The second kappa shape index (κ2) is 8.73. The summed E-state index contributed by atoms with van der Waals surface area (Å²) in [5, 5.41) is 14.4. The summed E-state index contributed by atoms with van der Waals surface area (Å²) >= 11 is 0. The van der Waals surface area contributed by atoms with Crippen LogP contribution in [0, 0.1) is 10.3 Å². The first-order valence-corrected chi connectivity index (χ1v) is 7.51. The van der Waals surface area contributed by atoms with Crippen LogP contribution in [-0.2, 0) is 24.0 Å². The Morgan fingerprint density at radius 1 is 1.27 bits per heavy atom. The van der Waals surface area contributed by atoms with Crippen LogP contribution in [0.5, 0.6) is 0 Å². The van der Waals surface area contributed by atoms with E-state index in [1.165, 1.54) is 0 Å². The molecule has 1 atom stereocenters. The van der Waals surface area contributed by atoms with Gasteiger partial charge < -0.3 is 20.2 Å². The molecule has 0 saturated carbocycles. The summed E-state index contributed by atoms with van der Waals surface area (Å²) in [5.41, 5.74) is 0.901. The second-order valence-electron chi connectivity index (χ2n) is 6.15. The van der Waals surface area contributed by atoms with Crippen LogP contribution < -0.4 is 16.1 Å². The van der Waals surface area contributed by atoms with E-state index in [1.54, 1.807) is 26.2 Å². The summed E-state index contributed by atoms with van der Waals surface area (Å²) in [6, 6.07) is -1.43. The normalized spacial score (nSPS) is 15.1. The fourth-order valence-electron chi connectivity index (χ4n) is 1.74. The maximum Gasteiger partial charge on any atom is 0.408 e. The zero-order valence-corrected chi connectivity index (χ0v) is 14.5. The molecule has 1 heterocycles. The van der Waals surface area contributed by atoms with E-state index < -0.39 is 48.0 Å². The molecule has 1 aliphatic rings. The quantitative estimate of drug-likeness (QED) is 0.154. The van der Waals surface area contributed by atoms with Crippen molar-refractivity contribution >= 4 is 29.8 Å². The van der Waals surface area contributed by atoms with Crippen LogP contribution in [0.15, 0.2) is 5.29 Å². The summed E-state index contributed by atoms with van der Waals surface area (Å²) in [6.07, 6.45) is -1.14. The fraction of sp³-hybridized carbons (Fsp3) is 0.615. The monoisotopic (exact) mass is 372 g/mol. The summed E-state index contributed by atoms with van der Waals surface area (Å²) < 4.78 is 5.01. The average Bonchev–Trinajstić information content (AvgIpc) is 2.81. The van der Waals surface area contributed by atoms with Gasteiger partial charge in [0.05, 0.1) is 5.29 Å². The molecular weight excluding hydrogens is 352 g/mol. The standard InChI is InChI=1S/C13H20N6O7/c1-13(2,3)25-12(23)16-7(6-15-11(14)17-18-24)10(22)26-19-8(20)4-5-9(19)21/h7H,4-6H2,1-3H3,(H,16,23)(H3,14,15,17,24). The number of guanidine groups is 1. The van der Waals surface area contributed by atoms with Gasteiger partial charge in [-0.1, -0.05) is 0 Å². The number of amides is 3. The number of hydrogen-bond donors (Lipinski definition) is 4. The van der Waals surface area contributed by atoms with Crippen LogP contribution in [0.4, 0.5) is 4.79 Å². The number of carbonyl (C=O) groups excluding carboxylic acids is 4. The highest BCUT2D eigenvalue weighted by Gasteiger charge is 2.35. The van der Waals surface area contributed by atoms with Crippen LogP contribution >= 0.6 is 0 Å². The van der Waals surface area contributed by atoms with Crippen LogP contribution in [0.3, 0.4) is 0 Å². The number of nitrogens with zero attached hydrogens (tertiary/aromatic N) is 2. The minimum Gasteiger partial charge on any atom is -0.444 e. The molecule has 1 unspecified atom stereocenters. The molecule has 0 bridgehead atoms. The highest BCUT2D eigenvalue weighted by atomic mass is 16.7. The Morgan fingerprint density at radius 3 is 2.35 bits per heavy atom. The van der Waals surface area contributed by atoms with Crippen LogP contribution in [-0.4, -0.2) is 53.1 Å². The predicted octanol–water partition coefficient (Wildman–Crippen LogP) is -0.718. The Kier molecular flexibility index (Phi) is 6.98. The second-order valence-corrected chi connectivity index (χ2v) is 6.15. The van der Waals surface area contributed by atoms with Gasteiger partial charge in [-0.25, -0.2) is 15.0 Å². The van der Waals surface area contributed by atoms with Gasteiger partial charge in [-0.05, 0) is 20.8 Å². The van der Waals surface area contributed by atoms with Gasteiger partial charge in [0, 0.05) is 19.4 Å². The molecule has 13 heteroatoms. The van der Waals surface area contributed by atoms with Gasteiger partial charge >= 0.3 is 12.1 Å². The van der Waals surface area contributed by atoms with E-state index in [0.717, 1.165) is 0 Å². The molecule has 1 aliphatic heterocycles. The number of ether oxygens (including phenoxy) is 1. The lowest BCUT2D eigenvalue weighted by Gasteiger charge is -2.24. The summed E-state index contributed by atoms with van der Waals surface area (Å²) in [6.45, 7) is 4.41. The molecule has 13 nitrogen and oxygen atoms in total. The molecule has 1 rings (SSSR count). The largest absolute Gasteiger partial charge is 0.444 e. The third kappa shape index (κ3) is 6.70. The molecule has 4 N–H and O–H groups in total. The lowest BCUT2D eigenvalue weighted by Crippen LogP contribution is -2.53. The number of alkyl carbamates (subject to hydrolysis) is 1. The number of imide groups is 1. The Morgan fingerprint density at radius 2 is 1.85 bits per heavy atom. The van der Waals surface area contributed by atoms with Crippen molar-refractivity contribution in [1.29, 1.82) is 5.41 Å². The van der Waals surface area contributed by atoms with Crippen molar-refractivity contribution in [3.63, 3.8) is 0 Å². The third-order valence-electron chi connectivity index (χ3n) is 2.80. The van der Waals surface area contributed by atoms with Gasteiger partial charge in [-0.15, -0.1) is 9.97 Å². The summed E-state index contributed by atoms with van der Waals surface area (Å²) in [5.74, 6) is -3.06. The van der Waals surface area contributed by atoms with Crippen molar-refractivity contribution in [3.8, 4) is 0 Å². The number of nitroso groups, excluding NO2 is 1. The van der Waals surface area contributed by atoms with Crippen molar-refractivity contribution in [3.05, 3.63) is 4.91 Å². The zero-order chi connectivity index (χ0) is 19.9. The van der Waals surface area contributed by atoms with Gasteiger partial charge in [-0.3, -0.25) is 15.0 Å². The maximum atomic E-state index is 12.2.